The Morgan fingerprint density at radius 3 is 1.73 bits per heavy atom. The fourth-order valence-electron chi connectivity index (χ4n) is 0.563. The van der Waals surface area contributed by atoms with Crippen LogP contribution in [0.3, 0.4) is 0 Å². The van der Waals surface area contributed by atoms with Crippen LogP contribution in [0.1, 0.15) is 46.6 Å². The van der Waals surface area contributed by atoms with Crippen LogP contribution in [0.15, 0.2) is 24.3 Å². The molecular weight excluding hydrogens is 184 g/mol. The topological polar surface area (TPSA) is 20.2 Å². The highest BCUT2D eigenvalue weighted by Gasteiger charge is 1.87. The van der Waals surface area contributed by atoms with Gasteiger partial charge in [0.2, 0.25) is 0 Å². The average Bonchev–Trinajstić information content (AvgIpc) is 2.26. The summed E-state index contributed by atoms with van der Waals surface area (Å²) in [4.78, 5) is 0. The number of para-hydroxylation sites is 1. The van der Waals surface area contributed by atoms with Gasteiger partial charge in [-0.05, 0) is 24.5 Å². The molecule has 0 aromatic heterocycles. The van der Waals surface area contributed by atoms with Crippen LogP contribution in [0.5, 0.6) is 5.75 Å². The van der Waals surface area contributed by atoms with Gasteiger partial charge in [0, 0.05) is 0 Å². The fourth-order valence-corrected chi connectivity index (χ4v) is 0.563. The van der Waals surface area contributed by atoms with Gasteiger partial charge in [0.15, 0.2) is 0 Å². The van der Waals surface area contributed by atoms with Gasteiger partial charge in [0.1, 0.15) is 5.75 Å². The van der Waals surface area contributed by atoms with Gasteiger partial charge < -0.3 is 5.11 Å². The van der Waals surface area contributed by atoms with Crippen molar-refractivity contribution >= 4 is 0 Å². The van der Waals surface area contributed by atoms with Gasteiger partial charge in [-0.2, -0.15) is 0 Å². The lowest BCUT2D eigenvalue weighted by Crippen LogP contribution is -1.77. The summed E-state index contributed by atoms with van der Waals surface area (Å²) < 4.78 is 0. The van der Waals surface area contributed by atoms with Crippen molar-refractivity contribution in [3.8, 4) is 5.75 Å². The summed E-state index contributed by atoms with van der Waals surface area (Å²) in [6.07, 6.45) is 1.31. The highest BCUT2D eigenvalue weighted by molar-refractivity contribution is 5.29. The van der Waals surface area contributed by atoms with E-state index in [9.17, 15) is 0 Å². The van der Waals surface area contributed by atoms with Gasteiger partial charge in [-0.1, -0.05) is 59.2 Å². The van der Waals surface area contributed by atoms with E-state index in [1.54, 1.807) is 6.07 Å². The van der Waals surface area contributed by atoms with Crippen molar-refractivity contribution < 1.29 is 5.11 Å². The first-order valence-corrected chi connectivity index (χ1v) is 5.82. The van der Waals surface area contributed by atoms with Gasteiger partial charge in [-0.3, -0.25) is 0 Å². The summed E-state index contributed by atoms with van der Waals surface area (Å²) in [5, 5.41) is 8.92. The molecule has 0 bridgehead atoms. The van der Waals surface area contributed by atoms with Crippen molar-refractivity contribution in [1.29, 1.82) is 0 Å². The number of phenols is 1. The molecular formula is C14H26O. The van der Waals surface area contributed by atoms with Gasteiger partial charge in [-0.25, -0.2) is 0 Å². The van der Waals surface area contributed by atoms with Crippen molar-refractivity contribution in [2.24, 2.45) is 5.92 Å². The Morgan fingerprint density at radius 2 is 1.53 bits per heavy atom. The smallest absolute Gasteiger partial charge is 0.118 e. The molecule has 0 heterocycles. The first kappa shape index (κ1) is 16.4. The number of phenolic OH excluding ortho intramolecular Hbond substituents is 1. The molecule has 1 heteroatoms. The second-order valence-electron chi connectivity index (χ2n) is 3.59. The molecule has 0 unspecified atom stereocenters. The molecule has 0 aliphatic rings. The third-order valence-corrected chi connectivity index (χ3v) is 1.93. The third-order valence-electron chi connectivity index (χ3n) is 1.93. The lowest BCUT2D eigenvalue weighted by Gasteiger charge is -1.92. The van der Waals surface area contributed by atoms with Crippen molar-refractivity contribution in [2.75, 3.05) is 0 Å². The SMILES string of the molecule is CC.CCC(C)C.Cc1ccccc1O. The Balaban J connectivity index is 0. The number of hydrogen-bond donors (Lipinski definition) is 1. The molecule has 0 aliphatic carbocycles. The molecule has 1 nitrogen and oxygen atoms in total. The van der Waals surface area contributed by atoms with E-state index in [0.717, 1.165) is 11.5 Å². The second kappa shape index (κ2) is 11.1. The maximum absolute atomic E-state index is 8.92. The fraction of sp³-hybridized carbons (Fsp3) is 0.571. The first-order chi connectivity index (χ1) is 7.07. The Labute approximate surface area is 95.2 Å². The van der Waals surface area contributed by atoms with Gasteiger partial charge in [0.05, 0.1) is 0 Å². The van der Waals surface area contributed by atoms with E-state index in [4.69, 9.17) is 5.11 Å². The van der Waals surface area contributed by atoms with Crippen LogP contribution in [0.25, 0.3) is 0 Å². The van der Waals surface area contributed by atoms with Crippen LogP contribution in [0.2, 0.25) is 0 Å². The van der Waals surface area contributed by atoms with Gasteiger partial charge in [0.25, 0.3) is 0 Å². The number of aryl methyl sites for hydroxylation is 1. The van der Waals surface area contributed by atoms with Gasteiger partial charge in [-0.15, -0.1) is 0 Å². The second-order valence-corrected chi connectivity index (χ2v) is 3.59. The molecule has 1 aromatic rings. The third kappa shape index (κ3) is 10.9. The Hall–Kier alpha value is -0.980. The summed E-state index contributed by atoms with van der Waals surface area (Å²) in [5.41, 5.74) is 0.924. The molecule has 1 aromatic carbocycles. The van der Waals surface area contributed by atoms with Gasteiger partial charge >= 0.3 is 0 Å². The Morgan fingerprint density at radius 1 is 1.13 bits per heavy atom. The minimum absolute atomic E-state index is 0.368. The summed E-state index contributed by atoms with van der Waals surface area (Å²) in [7, 11) is 0. The maximum Gasteiger partial charge on any atom is 0.118 e. The summed E-state index contributed by atoms with van der Waals surface area (Å²) in [6, 6.07) is 7.25. The standard InChI is InChI=1S/C7H8O.C5H12.C2H6/c1-6-4-2-3-5-7(6)8;1-4-5(2)3;1-2/h2-5,8H,1H3;5H,4H2,1-3H3;1-2H3. The molecule has 88 valence electrons. The molecule has 0 amide bonds. The molecule has 0 atom stereocenters. The highest BCUT2D eigenvalue weighted by Crippen LogP contribution is 2.12. The van der Waals surface area contributed by atoms with Crippen LogP contribution < -0.4 is 0 Å². The van der Waals surface area contributed by atoms with E-state index in [-0.39, 0.29) is 0 Å². The van der Waals surface area contributed by atoms with Crippen molar-refractivity contribution in [2.45, 2.75) is 48.0 Å². The summed E-state index contributed by atoms with van der Waals surface area (Å²) in [6.45, 7) is 12.5. The first-order valence-electron chi connectivity index (χ1n) is 5.82. The minimum atomic E-state index is 0.368. The maximum atomic E-state index is 8.92. The van der Waals surface area contributed by atoms with Crippen molar-refractivity contribution in [3.05, 3.63) is 29.8 Å². The van der Waals surface area contributed by atoms with Crippen LogP contribution >= 0.6 is 0 Å². The molecule has 15 heavy (non-hydrogen) atoms. The average molecular weight is 210 g/mol. The van der Waals surface area contributed by atoms with Crippen LogP contribution in [-0.2, 0) is 0 Å². The minimum Gasteiger partial charge on any atom is -0.508 e. The van der Waals surface area contributed by atoms with E-state index in [2.05, 4.69) is 20.8 Å². The molecule has 0 saturated carbocycles. The number of hydrogen-bond acceptors (Lipinski definition) is 1. The lowest BCUT2D eigenvalue weighted by atomic mass is 10.2. The van der Waals surface area contributed by atoms with Crippen LogP contribution in [-0.4, -0.2) is 5.11 Å². The molecule has 0 fully saturated rings. The normalized spacial score (nSPS) is 8.47. The molecule has 0 aliphatic heterocycles. The molecule has 0 spiro atoms. The number of aromatic hydroxyl groups is 1. The Kier molecular flexibility index (Phi) is 12.2. The number of benzene rings is 1. The molecule has 1 N–H and O–H groups in total. The zero-order valence-electron chi connectivity index (χ0n) is 11.0. The Bertz CT molecular complexity index is 208. The van der Waals surface area contributed by atoms with E-state index < -0.39 is 0 Å². The summed E-state index contributed by atoms with van der Waals surface area (Å²) >= 11 is 0. The zero-order chi connectivity index (χ0) is 12.3. The predicted molar refractivity (Wildman–Crippen MR) is 69.3 cm³/mol. The van der Waals surface area contributed by atoms with E-state index in [0.29, 0.717) is 5.75 Å². The van der Waals surface area contributed by atoms with E-state index in [1.165, 1.54) is 6.42 Å². The molecule has 1 rings (SSSR count). The number of rotatable bonds is 1. The molecule has 0 radical (unpaired) electrons. The van der Waals surface area contributed by atoms with Crippen molar-refractivity contribution in [3.63, 3.8) is 0 Å². The predicted octanol–water partition coefficient (Wildman–Crippen LogP) is 4.78. The monoisotopic (exact) mass is 210 g/mol. The van der Waals surface area contributed by atoms with Crippen LogP contribution in [0, 0.1) is 12.8 Å². The summed E-state index contributed by atoms with van der Waals surface area (Å²) in [5.74, 6) is 1.25. The largest absolute Gasteiger partial charge is 0.508 e. The van der Waals surface area contributed by atoms with E-state index in [1.807, 2.05) is 39.0 Å². The quantitative estimate of drug-likeness (QED) is 0.707. The van der Waals surface area contributed by atoms with E-state index >= 15 is 0 Å². The molecule has 0 saturated heterocycles. The lowest BCUT2D eigenvalue weighted by molar-refractivity contribution is 0.471. The van der Waals surface area contributed by atoms with Crippen LogP contribution in [0.4, 0.5) is 0 Å². The zero-order valence-corrected chi connectivity index (χ0v) is 11.0. The highest BCUT2D eigenvalue weighted by atomic mass is 16.3. The van der Waals surface area contributed by atoms with Crippen molar-refractivity contribution in [1.82, 2.24) is 0 Å².